The molecule has 2 nitrogen and oxygen atoms in total. The molecule has 0 bridgehead atoms. The van der Waals surface area contributed by atoms with Crippen molar-refractivity contribution < 1.29 is 5.11 Å². The second kappa shape index (κ2) is 3.32. The molecule has 0 amide bonds. The summed E-state index contributed by atoms with van der Waals surface area (Å²) in [7, 11) is 0. The van der Waals surface area contributed by atoms with E-state index in [0.717, 1.165) is 18.4 Å². The molecule has 1 atom stereocenters. The summed E-state index contributed by atoms with van der Waals surface area (Å²) in [6.07, 6.45) is 4.43. The quantitative estimate of drug-likeness (QED) is 0.781. The Hall–Kier alpha value is -0.860. The van der Waals surface area contributed by atoms with Gasteiger partial charge in [-0.1, -0.05) is 24.3 Å². The molecule has 2 aliphatic carbocycles. The van der Waals surface area contributed by atoms with E-state index < -0.39 is 5.60 Å². The van der Waals surface area contributed by atoms with E-state index in [1.807, 2.05) is 6.07 Å². The molecular formula is C13H17NO. The second-order valence-corrected chi connectivity index (χ2v) is 4.84. The van der Waals surface area contributed by atoms with Gasteiger partial charge in [0.15, 0.2) is 0 Å². The van der Waals surface area contributed by atoms with Crippen molar-refractivity contribution in [1.82, 2.24) is 5.32 Å². The molecule has 2 heteroatoms. The molecule has 0 radical (unpaired) electrons. The Kier molecular flexibility index (Phi) is 2.08. The SMILES string of the molecule is OC1(CNC2CC2)CCc2ccccc21. The van der Waals surface area contributed by atoms with E-state index in [1.165, 1.54) is 18.4 Å². The Morgan fingerprint density at radius 3 is 2.93 bits per heavy atom. The number of aliphatic hydroxyl groups is 1. The zero-order valence-corrected chi connectivity index (χ0v) is 8.87. The molecule has 2 aliphatic rings. The standard InChI is InChI=1S/C13H17NO/c15-13(9-14-11-5-6-11)8-7-10-3-1-2-4-12(10)13/h1-4,11,14-15H,5-9H2. The van der Waals surface area contributed by atoms with E-state index >= 15 is 0 Å². The van der Waals surface area contributed by atoms with Crippen LogP contribution in [0.15, 0.2) is 24.3 Å². The zero-order valence-electron chi connectivity index (χ0n) is 8.87. The number of benzene rings is 1. The lowest BCUT2D eigenvalue weighted by Gasteiger charge is -2.24. The molecule has 1 aromatic carbocycles. The Morgan fingerprint density at radius 2 is 2.13 bits per heavy atom. The van der Waals surface area contributed by atoms with Gasteiger partial charge in [0.2, 0.25) is 0 Å². The lowest BCUT2D eigenvalue weighted by Crippen LogP contribution is -2.37. The Morgan fingerprint density at radius 1 is 1.33 bits per heavy atom. The molecule has 15 heavy (non-hydrogen) atoms. The first-order chi connectivity index (χ1) is 7.28. The second-order valence-electron chi connectivity index (χ2n) is 4.84. The Labute approximate surface area is 90.3 Å². The van der Waals surface area contributed by atoms with Crippen molar-refractivity contribution in [2.75, 3.05) is 6.54 Å². The average molecular weight is 203 g/mol. The Balaban J connectivity index is 1.80. The summed E-state index contributed by atoms with van der Waals surface area (Å²) in [5, 5.41) is 14.0. The van der Waals surface area contributed by atoms with Crippen LogP contribution in [0.3, 0.4) is 0 Å². The summed E-state index contributed by atoms with van der Waals surface area (Å²) >= 11 is 0. The molecule has 1 saturated carbocycles. The maximum atomic E-state index is 10.6. The van der Waals surface area contributed by atoms with Gasteiger partial charge in [-0.15, -0.1) is 0 Å². The number of aryl methyl sites for hydroxylation is 1. The molecule has 0 spiro atoms. The van der Waals surface area contributed by atoms with E-state index in [1.54, 1.807) is 0 Å². The van der Waals surface area contributed by atoms with Crippen molar-refractivity contribution in [3.63, 3.8) is 0 Å². The van der Waals surface area contributed by atoms with Crippen LogP contribution in [0.1, 0.15) is 30.4 Å². The number of rotatable bonds is 3. The van der Waals surface area contributed by atoms with Gasteiger partial charge < -0.3 is 10.4 Å². The fourth-order valence-corrected chi connectivity index (χ4v) is 2.45. The molecule has 0 aromatic heterocycles. The number of hydrogen-bond donors (Lipinski definition) is 2. The summed E-state index contributed by atoms with van der Waals surface area (Å²) in [6.45, 7) is 0.717. The first-order valence-corrected chi connectivity index (χ1v) is 5.82. The number of fused-ring (bicyclic) bond motifs is 1. The highest BCUT2D eigenvalue weighted by Gasteiger charge is 2.37. The summed E-state index contributed by atoms with van der Waals surface area (Å²) in [4.78, 5) is 0. The molecular weight excluding hydrogens is 186 g/mol. The van der Waals surface area contributed by atoms with Crippen LogP contribution in [-0.2, 0) is 12.0 Å². The highest BCUT2D eigenvalue weighted by Crippen LogP contribution is 2.36. The molecule has 1 fully saturated rings. The summed E-state index contributed by atoms with van der Waals surface area (Å²) < 4.78 is 0. The van der Waals surface area contributed by atoms with E-state index in [0.29, 0.717) is 12.6 Å². The minimum absolute atomic E-state index is 0.612. The predicted molar refractivity (Wildman–Crippen MR) is 59.7 cm³/mol. The van der Waals surface area contributed by atoms with Gasteiger partial charge in [-0.2, -0.15) is 0 Å². The summed E-state index contributed by atoms with van der Waals surface area (Å²) in [5.41, 5.74) is 1.84. The topological polar surface area (TPSA) is 32.3 Å². The maximum absolute atomic E-state index is 10.6. The molecule has 3 rings (SSSR count). The predicted octanol–water partition coefficient (Wildman–Crippen LogP) is 1.57. The van der Waals surface area contributed by atoms with Gasteiger partial charge in [-0.25, -0.2) is 0 Å². The first-order valence-electron chi connectivity index (χ1n) is 5.82. The largest absolute Gasteiger partial charge is 0.384 e. The zero-order chi connectivity index (χ0) is 10.3. The minimum atomic E-state index is -0.612. The third-order valence-corrected chi connectivity index (χ3v) is 3.59. The summed E-state index contributed by atoms with van der Waals surface area (Å²) in [5.74, 6) is 0. The monoisotopic (exact) mass is 203 g/mol. The van der Waals surface area contributed by atoms with Gasteiger partial charge >= 0.3 is 0 Å². The van der Waals surface area contributed by atoms with Gasteiger partial charge in [-0.3, -0.25) is 0 Å². The average Bonchev–Trinajstić information content (AvgIpc) is 3.03. The summed E-state index contributed by atoms with van der Waals surface area (Å²) in [6, 6.07) is 8.94. The van der Waals surface area contributed by atoms with Crippen LogP contribution in [0.2, 0.25) is 0 Å². The molecule has 80 valence electrons. The molecule has 0 saturated heterocycles. The molecule has 0 aliphatic heterocycles. The van der Waals surface area contributed by atoms with E-state index in [-0.39, 0.29) is 0 Å². The number of hydrogen-bond acceptors (Lipinski definition) is 2. The molecule has 2 N–H and O–H groups in total. The highest BCUT2D eigenvalue weighted by molar-refractivity contribution is 5.37. The number of nitrogens with one attached hydrogen (secondary N) is 1. The fourth-order valence-electron chi connectivity index (χ4n) is 2.45. The molecule has 0 heterocycles. The van der Waals surface area contributed by atoms with Crippen molar-refractivity contribution in [1.29, 1.82) is 0 Å². The van der Waals surface area contributed by atoms with Crippen LogP contribution < -0.4 is 5.32 Å². The third-order valence-electron chi connectivity index (χ3n) is 3.59. The third kappa shape index (κ3) is 1.68. The van der Waals surface area contributed by atoms with Gasteiger partial charge in [0.05, 0.1) is 0 Å². The van der Waals surface area contributed by atoms with Gasteiger partial charge in [0, 0.05) is 12.6 Å². The maximum Gasteiger partial charge on any atom is 0.103 e. The Bertz CT molecular complexity index is 373. The lowest BCUT2D eigenvalue weighted by atomic mass is 9.96. The van der Waals surface area contributed by atoms with E-state index in [9.17, 15) is 5.11 Å². The van der Waals surface area contributed by atoms with Crippen LogP contribution in [0, 0.1) is 0 Å². The van der Waals surface area contributed by atoms with Crippen LogP contribution >= 0.6 is 0 Å². The molecule has 1 aromatic rings. The van der Waals surface area contributed by atoms with E-state index in [2.05, 4.69) is 23.5 Å². The van der Waals surface area contributed by atoms with Crippen LogP contribution in [0.4, 0.5) is 0 Å². The van der Waals surface area contributed by atoms with Crippen LogP contribution in [0.5, 0.6) is 0 Å². The van der Waals surface area contributed by atoms with Gasteiger partial charge in [0.1, 0.15) is 5.60 Å². The van der Waals surface area contributed by atoms with Crippen molar-refractivity contribution >= 4 is 0 Å². The van der Waals surface area contributed by atoms with Crippen LogP contribution in [0.25, 0.3) is 0 Å². The lowest BCUT2D eigenvalue weighted by molar-refractivity contribution is 0.0384. The van der Waals surface area contributed by atoms with Crippen LogP contribution in [-0.4, -0.2) is 17.7 Å². The fraction of sp³-hybridized carbons (Fsp3) is 0.538. The highest BCUT2D eigenvalue weighted by atomic mass is 16.3. The first kappa shape index (κ1) is 9.37. The minimum Gasteiger partial charge on any atom is -0.384 e. The van der Waals surface area contributed by atoms with E-state index in [4.69, 9.17) is 0 Å². The van der Waals surface area contributed by atoms with Crippen molar-refractivity contribution in [2.24, 2.45) is 0 Å². The van der Waals surface area contributed by atoms with Crippen molar-refractivity contribution in [3.8, 4) is 0 Å². The van der Waals surface area contributed by atoms with Crippen molar-refractivity contribution in [3.05, 3.63) is 35.4 Å². The molecule has 1 unspecified atom stereocenters. The smallest absolute Gasteiger partial charge is 0.103 e. The van der Waals surface area contributed by atoms with Crippen molar-refractivity contribution in [2.45, 2.75) is 37.3 Å². The normalized spacial score (nSPS) is 29.1. The van der Waals surface area contributed by atoms with Gasteiger partial charge in [-0.05, 0) is 36.8 Å². The van der Waals surface area contributed by atoms with Gasteiger partial charge in [0.25, 0.3) is 0 Å².